The summed E-state index contributed by atoms with van der Waals surface area (Å²) in [6.45, 7) is 0.754. The first-order chi connectivity index (χ1) is 6.81. The van der Waals surface area contributed by atoms with Crippen molar-refractivity contribution in [3.8, 4) is 5.75 Å². The van der Waals surface area contributed by atoms with Crippen LogP contribution in [0.4, 0.5) is 0 Å². The maximum absolute atomic E-state index is 8.93. The van der Waals surface area contributed by atoms with Crippen LogP contribution < -0.4 is 10.5 Å². The number of hydrogen-bond acceptors (Lipinski definition) is 3. The van der Waals surface area contributed by atoms with Gasteiger partial charge >= 0.3 is 0 Å². The van der Waals surface area contributed by atoms with Crippen molar-refractivity contribution < 1.29 is 9.84 Å². The van der Waals surface area contributed by atoms with E-state index in [0.717, 1.165) is 30.8 Å². The van der Waals surface area contributed by atoms with Gasteiger partial charge in [0.1, 0.15) is 5.75 Å². The molecule has 0 aliphatic carbocycles. The Morgan fingerprint density at radius 1 is 1.50 bits per heavy atom. The van der Waals surface area contributed by atoms with Gasteiger partial charge in [-0.2, -0.15) is 0 Å². The lowest BCUT2D eigenvalue weighted by Crippen LogP contribution is -2.16. The predicted octanol–water partition coefficient (Wildman–Crippen LogP) is 1.00. The zero-order chi connectivity index (χ0) is 9.97. The second-order valence-electron chi connectivity index (χ2n) is 3.61. The first kappa shape index (κ1) is 9.49. The highest BCUT2D eigenvalue weighted by molar-refractivity contribution is 5.39. The molecule has 0 amide bonds. The van der Waals surface area contributed by atoms with Gasteiger partial charge < -0.3 is 15.6 Å². The zero-order valence-electron chi connectivity index (χ0n) is 8.07. The standard InChI is InChI=1S/C11H15NO2/c12-10(7-13)9-4-3-8-2-1-5-14-11(8)6-9/h3-4,6,10,13H,1-2,5,7,12H2. The maximum atomic E-state index is 8.93. The molecule has 14 heavy (non-hydrogen) atoms. The topological polar surface area (TPSA) is 55.5 Å². The second kappa shape index (κ2) is 3.98. The van der Waals surface area contributed by atoms with E-state index in [0.29, 0.717) is 0 Å². The van der Waals surface area contributed by atoms with E-state index in [9.17, 15) is 0 Å². The summed E-state index contributed by atoms with van der Waals surface area (Å²) in [6.07, 6.45) is 2.16. The summed E-state index contributed by atoms with van der Waals surface area (Å²) in [5, 5.41) is 8.93. The summed E-state index contributed by atoms with van der Waals surface area (Å²) >= 11 is 0. The minimum atomic E-state index is -0.300. The molecule has 3 N–H and O–H groups in total. The number of ether oxygens (including phenoxy) is 1. The largest absolute Gasteiger partial charge is 0.493 e. The van der Waals surface area contributed by atoms with Gasteiger partial charge in [-0.3, -0.25) is 0 Å². The van der Waals surface area contributed by atoms with Gasteiger partial charge in [0.25, 0.3) is 0 Å². The number of hydrogen-bond donors (Lipinski definition) is 2. The fraction of sp³-hybridized carbons (Fsp3) is 0.455. The van der Waals surface area contributed by atoms with E-state index in [-0.39, 0.29) is 12.6 Å². The lowest BCUT2D eigenvalue weighted by Gasteiger charge is -2.19. The van der Waals surface area contributed by atoms with E-state index >= 15 is 0 Å². The van der Waals surface area contributed by atoms with Crippen molar-refractivity contribution in [2.45, 2.75) is 18.9 Å². The lowest BCUT2D eigenvalue weighted by molar-refractivity contribution is 0.266. The molecule has 3 nitrogen and oxygen atoms in total. The summed E-state index contributed by atoms with van der Waals surface area (Å²) in [5.74, 6) is 0.928. The SMILES string of the molecule is NC(CO)c1ccc2c(c1)OCCC2. The molecule has 0 radical (unpaired) electrons. The molecule has 1 aliphatic heterocycles. The van der Waals surface area contributed by atoms with Gasteiger partial charge in [-0.25, -0.2) is 0 Å². The molecular formula is C11H15NO2. The highest BCUT2D eigenvalue weighted by Gasteiger charge is 2.12. The average Bonchev–Trinajstić information content (AvgIpc) is 2.27. The van der Waals surface area contributed by atoms with Crippen molar-refractivity contribution in [3.05, 3.63) is 29.3 Å². The number of aryl methyl sites for hydroxylation is 1. The fourth-order valence-electron chi connectivity index (χ4n) is 1.69. The van der Waals surface area contributed by atoms with Crippen LogP contribution in [0.5, 0.6) is 5.75 Å². The van der Waals surface area contributed by atoms with E-state index in [1.165, 1.54) is 5.56 Å². The molecule has 0 saturated heterocycles. The summed E-state index contributed by atoms with van der Waals surface area (Å²) in [6, 6.07) is 5.65. The molecule has 1 aromatic rings. The van der Waals surface area contributed by atoms with Gasteiger partial charge in [0.05, 0.1) is 19.3 Å². The molecule has 0 aromatic heterocycles. The molecule has 1 aliphatic rings. The van der Waals surface area contributed by atoms with Crippen LogP contribution in [0.1, 0.15) is 23.6 Å². The summed E-state index contributed by atoms with van der Waals surface area (Å²) in [7, 11) is 0. The highest BCUT2D eigenvalue weighted by Crippen LogP contribution is 2.27. The van der Waals surface area contributed by atoms with E-state index in [4.69, 9.17) is 15.6 Å². The number of fused-ring (bicyclic) bond motifs is 1. The van der Waals surface area contributed by atoms with Crippen molar-refractivity contribution in [1.82, 2.24) is 0 Å². The van der Waals surface area contributed by atoms with Crippen molar-refractivity contribution in [3.63, 3.8) is 0 Å². The van der Waals surface area contributed by atoms with Gasteiger partial charge in [0.2, 0.25) is 0 Å². The minimum absolute atomic E-state index is 0.0290. The first-order valence-corrected chi connectivity index (χ1v) is 4.93. The quantitative estimate of drug-likeness (QED) is 0.736. The molecule has 1 unspecified atom stereocenters. The number of nitrogens with two attached hydrogens (primary N) is 1. The predicted molar refractivity (Wildman–Crippen MR) is 54.3 cm³/mol. The smallest absolute Gasteiger partial charge is 0.122 e. The third kappa shape index (κ3) is 1.74. The van der Waals surface area contributed by atoms with Crippen LogP contribution in [0.25, 0.3) is 0 Å². The van der Waals surface area contributed by atoms with Crippen molar-refractivity contribution >= 4 is 0 Å². The molecular weight excluding hydrogens is 178 g/mol. The van der Waals surface area contributed by atoms with Gasteiger partial charge in [-0.05, 0) is 30.0 Å². The van der Waals surface area contributed by atoms with E-state index in [1.54, 1.807) is 0 Å². The van der Waals surface area contributed by atoms with Gasteiger partial charge in [-0.15, -0.1) is 0 Å². The third-order valence-electron chi connectivity index (χ3n) is 2.56. The van der Waals surface area contributed by atoms with Crippen LogP contribution in [0.2, 0.25) is 0 Å². The summed E-state index contributed by atoms with van der Waals surface area (Å²) in [5.41, 5.74) is 7.90. The Morgan fingerprint density at radius 2 is 2.36 bits per heavy atom. The molecule has 76 valence electrons. The van der Waals surface area contributed by atoms with E-state index in [2.05, 4.69) is 0 Å². The van der Waals surface area contributed by atoms with E-state index in [1.807, 2.05) is 18.2 Å². The minimum Gasteiger partial charge on any atom is -0.493 e. The third-order valence-corrected chi connectivity index (χ3v) is 2.56. The monoisotopic (exact) mass is 193 g/mol. The lowest BCUT2D eigenvalue weighted by atomic mass is 10.0. The Bertz CT molecular complexity index is 325. The van der Waals surface area contributed by atoms with E-state index < -0.39 is 0 Å². The maximum Gasteiger partial charge on any atom is 0.122 e. The Kier molecular flexibility index (Phi) is 2.70. The van der Waals surface area contributed by atoms with Crippen LogP contribution in [0.3, 0.4) is 0 Å². The van der Waals surface area contributed by atoms with Crippen LogP contribution in [-0.2, 0) is 6.42 Å². The van der Waals surface area contributed by atoms with Gasteiger partial charge in [-0.1, -0.05) is 12.1 Å². The number of benzene rings is 1. The van der Waals surface area contributed by atoms with Crippen molar-refractivity contribution in [2.75, 3.05) is 13.2 Å². The van der Waals surface area contributed by atoms with Gasteiger partial charge in [0.15, 0.2) is 0 Å². The zero-order valence-corrected chi connectivity index (χ0v) is 8.07. The Balaban J connectivity index is 2.29. The average molecular weight is 193 g/mol. The van der Waals surface area contributed by atoms with Crippen molar-refractivity contribution in [2.24, 2.45) is 5.73 Å². The normalized spacial score (nSPS) is 17.0. The van der Waals surface area contributed by atoms with Crippen molar-refractivity contribution in [1.29, 1.82) is 0 Å². The fourth-order valence-corrected chi connectivity index (χ4v) is 1.69. The molecule has 0 spiro atoms. The second-order valence-corrected chi connectivity index (χ2v) is 3.61. The molecule has 0 saturated carbocycles. The number of aliphatic hydroxyl groups excluding tert-OH is 1. The van der Waals surface area contributed by atoms with Crippen LogP contribution in [0.15, 0.2) is 18.2 Å². The molecule has 1 heterocycles. The molecule has 1 aromatic carbocycles. The summed E-state index contributed by atoms with van der Waals surface area (Å²) < 4.78 is 5.52. The number of aliphatic hydroxyl groups is 1. The number of rotatable bonds is 2. The van der Waals surface area contributed by atoms with Crippen LogP contribution in [0, 0.1) is 0 Å². The van der Waals surface area contributed by atoms with Crippen LogP contribution >= 0.6 is 0 Å². The Labute approximate surface area is 83.5 Å². The Hall–Kier alpha value is -1.06. The highest BCUT2D eigenvalue weighted by atomic mass is 16.5. The molecule has 3 heteroatoms. The van der Waals surface area contributed by atoms with Gasteiger partial charge in [0, 0.05) is 0 Å². The molecule has 0 bridgehead atoms. The molecule has 2 rings (SSSR count). The molecule has 0 fully saturated rings. The Morgan fingerprint density at radius 3 is 3.14 bits per heavy atom. The summed E-state index contributed by atoms with van der Waals surface area (Å²) in [4.78, 5) is 0. The van der Waals surface area contributed by atoms with Crippen LogP contribution in [-0.4, -0.2) is 18.3 Å². The molecule has 1 atom stereocenters. The first-order valence-electron chi connectivity index (χ1n) is 4.93.